The zero-order valence-electron chi connectivity index (χ0n) is 11.0. The van der Waals surface area contributed by atoms with Crippen molar-refractivity contribution < 1.29 is 14.2 Å². The Kier molecular flexibility index (Phi) is 11.7. The predicted octanol–water partition coefficient (Wildman–Crippen LogP) is 0.492. The van der Waals surface area contributed by atoms with Crippen LogP contribution in [0.4, 0.5) is 0 Å². The van der Waals surface area contributed by atoms with Gasteiger partial charge in [-0.2, -0.15) is 0 Å². The zero-order chi connectivity index (χ0) is 12.9. The van der Waals surface area contributed by atoms with Crippen molar-refractivity contribution in [2.45, 2.75) is 6.42 Å². The highest BCUT2D eigenvalue weighted by atomic mass is 32.1. The van der Waals surface area contributed by atoms with Crippen LogP contribution in [0.2, 0.25) is 0 Å². The van der Waals surface area contributed by atoms with Crippen LogP contribution in [0, 0.1) is 0 Å². The van der Waals surface area contributed by atoms with Crippen molar-refractivity contribution in [2.24, 2.45) is 0 Å². The Balaban J connectivity index is 3.91. The molecule has 0 aromatic heterocycles. The van der Waals surface area contributed by atoms with Crippen LogP contribution < -0.4 is 5.32 Å². The van der Waals surface area contributed by atoms with Gasteiger partial charge < -0.3 is 24.4 Å². The summed E-state index contributed by atoms with van der Waals surface area (Å²) in [6.07, 6.45) is 0.951. The van der Waals surface area contributed by atoms with Crippen LogP contribution in [0.5, 0.6) is 0 Å². The molecule has 0 aromatic rings. The minimum Gasteiger partial charge on any atom is -0.385 e. The highest BCUT2D eigenvalue weighted by Crippen LogP contribution is 1.94. The summed E-state index contributed by atoms with van der Waals surface area (Å²) in [5.74, 6) is 0. The lowest BCUT2D eigenvalue weighted by Crippen LogP contribution is -2.43. The average Bonchev–Trinajstić information content (AvgIpc) is 2.33. The van der Waals surface area contributed by atoms with Gasteiger partial charge in [0, 0.05) is 47.6 Å². The molecule has 5 nitrogen and oxygen atoms in total. The van der Waals surface area contributed by atoms with Crippen LogP contribution >= 0.6 is 12.2 Å². The minimum atomic E-state index is 0.649. The Morgan fingerprint density at radius 1 is 1.00 bits per heavy atom. The summed E-state index contributed by atoms with van der Waals surface area (Å²) in [5.41, 5.74) is 0. The van der Waals surface area contributed by atoms with Crippen LogP contribution in [0.3, 0.4) is 0 Å². The van der Waals surface area contributed by atoms with E-state index in [4.69, 9.17) is 26.4 Å². The van der Waals surface area contributed by atoms with Gasteiger partial charge in [0.05, 0.1) is 13.2 Å². The normalized spacial score (nSPS) is 10.3. The molecule has 17 heavy (non-hydrogen) atoms. The fourth-order valence-electron chi connectivity index (χ4n) is 1.29. The van der Waals surface area contributed by atoms with E-state index in [9.17, 15) is 0 Å². The van der Waals surface area contributed by atoms with Gasteiger partial charge >= 0.3 is 0 Å². The molecule has 0 aliphatic heterocycles. The molecule has 0 spiro atoms. The standard InChI is InChI=1S/C11H24N2O3S/c1-14-8-4-6-13(7-10-16-3)11(17)12-5-9-15-2/h4-10H2,1-3H3,(H,12,17). The summed E-state index contributed by atoms with van der Waals surface area (Å²) in [6.45, 7) is 4.44. The van der Waals surface area contributed by atoms with E-state index in [0.717, 1.165) is 37.8 Å². The van der Waals surface area contributed by atoms with Crippen molar-refractivity contribution >= 4 is 17.3 Å². The van der Waals surface area contributed by atoms with Crippen molar-refractivity contribution in [3.8, 4) is 0 Å². The Morgan fingerprint density at radius 3 is 2.24 bits per heavy atom. The van der Waals surface area contributed by atoms with Gasteiger partial charge in [-0.1, -0.05) is 0 Å². The number of hydrogen-bond acceptors (Lipinski definition) is 4. The number of hydrogen-bond donors (Lipinski definition) is 1. The first-order valence-electron chi connectivity index (χ1n) is 5.75. The molecule has 0 aliphatic carbocycles. The third kappa shape index (κ3) is 9.29. The average molecular weight is 264 g/mol. The SMILES string of the molecule is COCCCN(CCOC)C(=S)NCCOC. The van der Waals surface area contributed by atoms with Gasteiger partial charge in [-0.25, -0.2) is 0 Å². The summed E-state index contributed by atoms with van der Waals surface area (Å²) in [4.78, 5) is 2.09. The summed E-state index contributed by atoms with van der Waals surface area (Å²) in [5, 5.41) is 3.90. The van der Waals surface area contributed by atoms with Crippen LogP contribution in [-0.2, 0) is 14.2 Å². The number of rotatable bonds is 10. The minimum absolute atomic E-state index is 0.649. The molecule has 0 radical (unpaired) electrons. The lowest BCUT2D eigenvalue weighted by molar-refractivity contribution is 0.160. The zero-order valence-corrected chi connectivity index (χ0v) is 11.8. The molecule has 6 heteroatoms. The quantitative estimate of drug-likeness (QED) is 0.458. The second-order valence-corrected chi connectivity index (χ2v) is 3.94. The Hall–Kier alpha value is -0.430. The highest BCUT2D eigenvalue weighted by Gasteiger charge is 2.08. The number of ether oxygens (including phenoxy) is 3. The lowest BCUT2D eigenvalue weighted by atomic mass is 10.4. The van der Waals surface area contributed by atoms with Crippen molar-refractivity contribution in [2.75, 3.05) is 60.8 Å². The first-order valence-corrected chi connectivity index (χ1v) is 6.16. The Labute approximate surface area is 109 Å². The van der Waals surface area contributed by atoms with Crippen LogP contribution in [0.25, 0.3) is 0 Å². The molecule has 0 rings (SSSR count). The van der Waals surface area contributed by atoms with Crippen molar-refractivity contribution in [3.05, 3.63) is 0 Å². The van der Waals surface area contributed by atoms with E-state index in [-0.39, 0.29) is 0 Å². The molecule has 0 amide bonds. The van der Waals surface area contributed by atoms with Gasteiger partial charge in [-0.3, -0.25) is 0 Å². The van der Waals surface area contributed by atoms with Gasteiger partial charge in [-0.15, -0.1) is 0 Å². The van der Waals surface area contributed by atoms with Crippen LogP contribution in [0.1, 0.15) is 6.42 Å². The Morgan fingerprint density at radius 2 is 1.65 bits per heavy atom. The van der Waals surface area contributed by atoms with Crippen molar-refractivity contribution in [1.29, 1.82) is 0 Å². The van der Waals surface area contributed by atoms with Gasteiger partial charge in [0.2, 0.25) is 0 Å². The van der Waals surface area contributed by atoms with Gasteiger partial charge in [-0.05, 0) is 18.6 Å². The topological polar surface area (TPSA) is 43.0 Å². The van der Waals surface area contributed by atoms with Crippen molar-refractivity contribution in [1.82, 2.24) is 10.2 Å². The number of thiocarbonyl (C=S) groups is 1. The maximum Gasteiger partial charge on any atom is 0.169 e. The van der Waals surface area contributed by atoms with Crippen molar-refractivity contribution in [3.63, 3.8) is 0 Å². The molecule has 0 fully saturated rings. The Bertz CT molecular complexity index is 194. The molecule has 0 saturated carbocycles. The monoisotopic (exact) mass is 264 g/mol. The predicted molar refractivity (Wildman–Crippen MR) is 72.4 cm³/mol. The largest absolute Gasteiger partial charge is 0.385 e. The van der Waals surface area contributed by atoms with E-state index < -0.39 is 0 Å². The summed E-state index contributed by atoms with van der Waals surface area (Å²) >= 11 is 5.31. The molecule has 0 heterocycles. The number of nitrogens with zero attached hydrogens (tertiary/aromatic N) is 1. The van der Waals surface area contributed by atoms with E-state index in [1.54, 1.807) is 21.3 Å². The third-order valence-corrected chi connectivity index (χ3v) is 2.61. The van der Waals surface area contributed by atoms with Crippen LogP contribution in [0.15, 0.2) is 0 Å². The molecule has 102 valence electrons. The molecule has 0 saturated heterocycles. The number of nitrogens with one attached hydrogen (secondary N) is 1. The second-order valence-electron chi connectivity index (χ2n) is 3.55. The molecule has 0 unspecified atom stereocenters. The molecule has 0 aliphatic rings. The third-order valence-electron chi connectivity index (χ3n) is 2.21. The molecule has 0 bridgehead atoms. The molecule has 0 atom stereocenters. The first-order chi connectivity index (χ1) is 8.26. The fraction of sp³-hybridized carbons (Fsp3) is 0.909. The molecule has 0 aromatic carbocycles. The van der Waals surface area contributed by atoms with E-state index >= 15 is 0 Å². The molecular weight excluding hydrogens is 240 g/mol. The van der Waals surface area contributed by atoms with E-state index in [1.807, 2.05) is 0 Å². The summed E-state index contributed by atoms with van der Waals surface area (Å²) < 4.78 is 15.1. The molecule has 1 N–H and O–H groups in total. The van der Waals surface area contributed by atoms with E-state index in [1.165, 1.54) is 0 Å². The lowest BCUT2D eigenvalue weighted by Gasteiger charge is -2.25. The first kappa shape index (κ1) is 16.6. The highest BCUT2D eigenvalue weighted by molar-refractivity contribution is 7.80. The van der Waals surface area contributed by atoms with Gasteiger partial charge in [0.15, 0.2) is 5.11 Å². The van der Waals surface area contributed by atoms with E-state index in [0.29, 0.717) is 13.2 Å². The maximum atomic E-state index is 5.31. The van der Waals surface area contributed by atoms with Gasteiger partial charge in [0.25, 0.3) is 0 Å². The number of methoxy groups -OCH3 is 3. The van der Waals surface area contributed by atoms with E-state index in [2.05, 4.69) is 10.2 Å². The van der Waals surface area contributed by atoms with Gasteiger partial charge in [0.1, 0.15) is 0 Å². The summed E-state index contributed by atoms with van der Waals surface area (Å²) in [7, 11) is 5.06. The van der Waals surface area contributed by atoms with Crippen LogP contribution in [-0.4, -0.2) is 70.8 Å². The second kappa shape index (κ2) is 12.0. The fourth-order valence-corrected chi connectivity index (χ4v) is 1.57. The summed E-state index contributed by atoms with van der Waals surface area (Å²) in [6, 6.07) is 0. The smallest absolute Gasteiger partial charge is 0.169 e. The maximum absolute atomic E-state index is 5.31. The molecular formula is C11H24N2O3S.